The van der Waals surface area contributed by atoms with E-state index >= 15 is 0 Å². The lowest BCUT2D eigenvalue weighted by atomic mass is 9.90. The molecule has 2 heterocycles. The van der Waals surface area contributed by atoms with Crippen LogP contribution in [0.4, 0.5) is 10.1 Å². The summed E-state index contributed by atoms with van der Waals surface area (Å²) >= 11 is 0. The quantitative estimate of drug-likeness (QED) is 0.347. The van der Waals surface area contributed by atoms with Gasteiger partial charge in [-0.3, -0.25) is 9.78 Å². The van der Waals surface area contributed by atoms with E-state index in [-0.39, 0.29) is 48.2 Å². The number of fused-ring (bicyclic) bond motifs is 1. The van der Waals surface area contributed by atoms with Crippen LogP contribution in [0.1, 0.15) is 30.5 Å². The smallest absolute Gasteiger partial charge is 0.225 e. The van der Waals surface area contributed by atoms with Gasteiger partial charge in [-0.15, -0.1) is 24.0 Å². The number of hydrogen-bond donors (Lipinski definition) is 3. The van der Waals surface area contributed by atoms with E-state index in [0.717, 1.165) is 11.3 Å². The Labute approximate surface area is 175 Å². The lowest BCUT2D eigenvalue weighted by Gasteiger charge is -2.26. The molecule has 0 saturated carbocycles. The zero-order chi connectivity index (χ0) is 18.4. The van der Waals surface area contributed by atoms with Crippen molar-refractivity contribution in [2.24, 2.45) is 4.99 Å². The summed E-state index contributed by atoms with van der Waals surface area (Å²) in [6, 6.07) is 10.7. The van der Waals surface area contributed by atoms with Crippen molar-refractivity contribution < 1.29 is 9.18 Å². The monoisotopic (exact) mass is 483 g/mol. The first kappa shape index (κ1) is 21.1. The number of carbonyl (C=O) groups is 1. The number of halogens is 2. The maximum atomic E-state index is 13.7. The second kappa shape index (κ2) is 10.2. The van der Waals surface area contributed by atoms with Crippen molar-refractivity contribution in [3.05, 3.63) is 59.7 Å². The number of anilines is 1. The van der Waals surface area contributed by atoms with Gasteiger partial charge in [-0.1, -0.05) is 18.2 Å². The summed E-state index contributed by atoms with van der Waals surface area (Å²) in [5.41, 5.74) is 2.26. The van der Waals surface area contributed by atoms with Crippen LogP contribution in [0.15, 0.2) is 47.6 Å². The first-order chi connectivity index (χ1) is 12.7. The fourth-order valence-electron chi connectivity index (χ4n) is 2.93. The highest BCUT2D eigenvalue weighted by Gasteiger charge is 2.24. The molecule has 1 aliphatic rings. The van der Waals surface area contributed by atoms with Crippen molar-refractivity contribution in [3.8, 4) is 0 Å². The second-order valence-electron chi connectivity index (χ2n) is 6.04. The molecule has 3 rings (SSSR count). The van der Waals surface area contributed by atoms with Crippen molar-refractivity contribution in [2.75, 3.05) is 18.4 Å². The Balaban J connectivity index is 0.00000261. The summed E-state index contributed by atoms with van der Waals surface area (Å²) in [7, 11) is 0. The van der Waals surface area contributed by atoms with Crippen LogP contribution in [-0.2, 0) is 11.3 Å². The third-order valence-electron chi connectivity index (χ3n) is 4.19. The van der Waals surface area contributed by atoms with Crippen LogP contribution in [0.25, 0.3) is 0 Å². The van der Waals surface area contributed by atoms with E-state index in [0.29, 0.717) is 31.2 Å². The number of hydrogen-bond acceptors (Lipinski definition) is 3. The van der Waals surface area contributed by atoms with E-state index in [2.05, 4.69) is 25.9 Å². The van der Waals surface area contributed by atoms with Gasteiger partial charge in [-0.2, -0.15) is 0 Å². The Morgan fingerprint density at radius 2 is 2.11 bits per heavy atom. The van der Waals surface area contributed by atoms with Gasteiger partial charge in [0, 0.05) is 37.3 Å². The largest absolute Gasteiger partial charge is 0.357 e. The lowest BCUT2D eigenvalue weighted by Crippen LogP contribution is -2.40. The van der Waals surface area contributed by atoms with Gasteiger partial charge < -0.3 is 16.0 Å². The van der Waals surface area contributed by atoms with Gasteiger partial charge in [-0.05, 0) is 30.7 Å². The first-order valence-electron chi connectivity index (χ1n) is 8.67. The molecule has 0 bridgehead atoms. The summed E-state index contributed by atoms with van der Waals surface area (Å²) in [6.07, 6.45) is 1.96. The van der Waals surface area contributed by atoms with Crippen molar-refractivity contribution in [2.45, 2.75) is 25.8 Å². The molecule has 1 aliphatic heterocycles. The third kappa shape index (κ3) is 5.62. The predicted molar refractivity (Wildman–Crippen MR) is 115 cm³/mol. The molecule has 0 fully saturated rings. The van der Waals surface area contributed by atoms with Gasteiger partial charge in [0.1, 0.15) is 5.82 Å². The van der Waals surface area contributed by atoms with Gasteiger partial charge in [0.25, 0.3) is 0 Å². The highest BCUT2D eigenvalue weighted by atomic mass is 127. The third-order valence-corrected chi connectivity index (χ3v) is 4.19. The molecule has 1 amide bonds. The highest BCUT2D eigenvalue weighted by molar-refractivity contribution is 14.0. The van der Waals surface area contributed by atoms with Gasteiger partial charge >= 0.3 is 0 Å². The molecule has 144 valence electrons. The number of carbonyl (C=O) groups excluding carboxylic acids is 1. The molecule has 1 atom stereocenters. The number of aliphatic imine (C=N–C) groups is 1. The molecular formula is C19H23FIN5O. The first-order valence-corrected chi connectivity index (χ1v) is 8.67. The van der Waals surface area contributed by atoms with E-state index < -0.39 is 0 Å². The zero-order valence-electron chi connectivity index (χ0n) is 15.0. The molecule has 1 aromatic heterocycles. The Morgan fingerprint density at radius 3 is 2.89 bits per heavy atom. The van der Waals surface area contributed by atoms with E-state index in [4.69, 9.17) is 0 Å². The average Bonchev–Trinajstić information content (AvgIpc) is 2.64. The average molecular weight is 483 g/mol. The molecular weight excluding hydrogens is 460 g/mol. The van der Waals surface area contributed by atoms with Gasteiger partial charge in [0.05, 0.1) is 12.2 Å². The number of pyridine rings is 1. The molecule has 0 saturated heterocycles. The summed E-state index contributed by atoms with van der Waals surface area (Å²) < 4.78 is 13.7. The van der Waals surface area contributed by atoms with Crippen molar-refractivity contribution in [3.63, 3.8) is 0 Å². The van der Waals surface area contributed by atoms with Gasteiger partial charge in [0.15, 0.2) is 5.96 Å². The number of benzene rings is 1. The minimum Gasteiger partial charge on any atom is -0.357 e. The number of nitrogens with zero attached hydrogens (tertiary/aromatic N) is 2. The van der Waals surface area contributed by atoms with Crippen molar-refractivity contribution in [1.29, 1.82) is 0 Å². The molecule has 27 heavy (non-hydrogen) atoms. The number of amides is 1. The maximum Gasteiger partial charge on any atom is 0.225 e. The van der Waals surface area contributed by atoms with E-state index in [1.165, 1.54) is 6.07 Å². The second-order valence-corrected chi connectivity index (χ2v) is 6.04. The van der Waals surface area contributed by atoms with E-state index in [1.54, 1.807) is 12.3 Å². The Kier molecular flexibility index (Phi) is 7.96. The summed E-state index contributed by atoms with van der Waals surface area (Å²) in [5, 5.41) is 9.28. The van der Waals surface area contributed by atoms with Gasteiger partial charge in [0.2, 0.25) is 5.91 Å². The van der Waals surface area contributed by atoms with E-state index in [1.807, 2.05) is 31.2 Å². The van der Waals surface area contributed by atoms with Crippen LogP contribution in [0.3, 0.4) is 0 Å². The Hall–Kier alpha value is -2.23. The molecule has 2 aromatic rings. The summed E-state index contributed by atoms with van der Waals surface area (Å²) in [6.45, 7) is 3.34. The maximum absolute atomic E-state index is 13.7. The molecule has 1 aromatic carbocycles. The van der Waals surface area contributed by atoms with Crippen LogP contribution in [0, 0.1) is 5.82 Å². The zero-order valence-corrected chi connectivity index (χ0v) is 17.4. The van der Waals surface area contributed by atoms with Crippen LogP contribution in [0.5, 0.6) is 0 Å². The number of guanidine groups is 1. The Morgan fingerprint density at radius 1 is 1.30 bits per heavy atom. The van der Waals surface area contributed by atoms with Gasteiger partial charge in [-0.25, -0.2) is 9.38 Å². The van der Waals surface area contributed by atoms with Crippen LogP contribution in [-0.4, -0.2) is 29.9 Å². The summed E-state index contributed by atoms with van der Waals surface area (Å²) in [4.78, 5) is 20.3. The molecule has 6 nitrogen and oxygen atoms in total. The number of rotatable bonds is 5. The SMILES string of the molecule is CCNC(=NCc1ncccc1F)NCC1CC(=O)Nc2ccccc21.I. The molecule has 3 N–H and O–H groups in total. The number of nitrogens with one attached hydrogen (secondary N) is 3. The fraction of sp³-hybridized carbons (Fsp3) is 0.316. The summed E-state index contributed by atoms with van der Waals surface area (Å²) in [5.74, 6) is 0.259. The van der Waals surface area contributed by atoms with Crippen LogP contribution < -0.4 is 16.0 Å². The number of aromatic nitrogens is 1. The topological polar surface area (TPSA) is 78.4 Å². The van der Waals surface area contributed by atoms with Crippen LogP contribution >= 0.6 is 24.0 Å². The minimum atomic E-state index is -0.370. The van der Waals surface area contributed by atoms with Crippen molar-refractivity contribution >= 4 is 41.5 Å². The van der Waals surface area contributed by atoms with E-state index in [9.17, 15) is 9.18 Å². The Bertz CT molecular complexity index is 814. The molecule has 1 unspecified atom stereocenters. The van der Waals surface area contributed by atoms with Crippen LogP contribution in [0.2, 0.25) is 0 Å². The standard InChI is InChI=1S/C19H22FN5O.HI/c1-2-21-19(24-12-17-15(20)7-5-9-22-17)23-11-13-10-18(26)25-16-8-4-3-6-14(13)16;/h3-9,13H,2,10-12H2,1H3,(H,25,26)(H2,21,23,24);1H. The number of para-hydroxylation sites is 1. The molecule has 0 aliphatic carbocycles. The normalized spacial score (nSPS) is 16.0. The lowest BCUT2D eigenvalue weighted by molar-refractivity contribution is -0.116. The fourth-order valence-corrected chi connectivity index (χ4v) is 2.93. The predicted octanol–water partition coefficient (Wildman–Crippen LogP) is 3.02. The molecule has 0 spiro atoms. The molecule has 8 heteroatoms. The van der Waals surface area contributed by atoms with Crippen molar-refractivity contribution in [1.82, 2.24) is 15.6 Å². The molecule has 0 radical (unpaired) electrons. The minimum absolute atomic E-state index is 0. The highest BCUT2D eigenvalue weighted by Crippen LogP contribution is 2.31.